The highest BCUT2D eigenvalue weighted by molar-refractivity contribution is 5.99. The number of benzene rings is 1. The van der Waals surface area contributed by atoms with Gasteiger partial charge in [0, 0.05) is 18.7 Å². The number of hydrogen-bond donors (Lipinski definition) is 4. The minimum atomic E-state index is -1.50. The van der Waals surface area contributed by atoms with Gasteiger partial charge in [0.2, 0.25) is 0 Å². The van der Waals surface area contributed by atoms with Gasteiger partial charge in [0.25, 0.3) is 5.91 Å². The van der Waals surface area contributed by atoms with Crippen LogP contribution in [-0.2, 0) is 4.79 Å². The number of ether oxygens (including phenoxy) is 1. The third-order valence-corrected chi connectivity index (χ3v) is 2.49. The number of carboxylic acid groups (broad SMARTS) is 1. The molecule has 1 atom stereocenters. The monoisotopic (exact) mass is 268 g/mol. The fourth-order valence-corrected chi connectivity index (χ4v) is 1.40. The molecule has 0 aliphatic carbocycles. The number of carbonyl (C=O) groups excluding carboxylic acids is 1. The topological polar surface area (TPSA) is 122 Å². The van der Waals surface area contributed by atoms with E-state index in [1.54, 1.807) is 12.1 Å². The van der Waals surface area contributed by atoms with E-state index in [1.807, 2.05) is 0 Å². The Morgan fingerprint density at radius 1 is 1.47 bits per heavy atom. The first kappa shape index (κ1) is 14.8. The Bertz CT molecular complexity index is 475. The number of aliphatic hydroxyl groups is 1. The average molecular weight is 268 g/mol. The first-order valence-corrected chi connectivity index (χ1v) is 5.58. The third-order valence-electron chi connectivity index (χ3n) is 2.49. The number of aliphatic hydroxyl groups excluding tert-OH is 1. The third kappa shape index (κ3) is 4.14. The van der Waals surface area contributed by atoms with Gasteiger partial charge in [-0.15, -0.1) is 0 Å². The summed E-state index contributed by atoms with van der Waals surface area (Å²) in [5.74, 6) is -1.28. The van der Waals surface area contributed by atoms with Crippen LogP contribution in [0.15, 0.2) is 18.2 Å². The van der Waals surface area contributed by atoms with Crippen molar-refractivity contribution in [2.24, 2.45) is 0 Å². The van der Waals surface area contributed by atoms with Crippen molar-refractivity contribution in [2.75, 3.05) is 19.4 Å². The van der Waals surface area contributed by atoms with E-state index in [4.69, 9.17) is 20.7 Å². The molecule has 7 heteroatoms. The standard InChI is InChI=1S/C12H16N2O5/c1-19-7-2-3-9(13)8(6-7)11(16)14-5-4-10(15)12(17)18/h2-3,6,10,15H,4-5,13H2,1H3,(H,14,16)(H,17,18)/t10-/m0/s1. The van der Waals surface area contributed by atoms with Crippen LogP contribution in [0.5, 0.6) is 5.75 Å². The second-order valence-electron chi connectivity index (χ2n) is 3.85. The Morgan fingerprint density at radius 3 is 2.74 bits per heavy atom. The van der Waals surface area contributed by atoms with Crippen LogP contribution < -0.4 is 15.8 Å². The van der Waals surface area contributed by atoms with Gasteiger partial charge in [-0.2, -0.15) is 0 Å². The Morgan fingerprint density at radius 2 is 2.16 bits per heavy atom. The number of carboxylic acids is 1. The van der Waals surface area contributed by atoms with Crippen LogP contribution in [0.1, 0.15) is 16.8 Å². The molecule has 1 amide bonds. The molecule has 7 nitrogen and oxygen atoms in total. The molecule has 0 bridgehead atoms. The molecule has 0 aliphatic rings. The molecule has 0 spiro atoms. The number of nitrogens with two attached hydrogens (primary N) is 1. The van der Waals surface area contributed by atoms with Crippen LogP contribution >= 0.6 is 0 Å². The molecule has 1 aromatic rings. The first-order valence-electron chi connectivity index (χ1n) is 5.58. The van der Waals surface area contributed by atoms with Crippen molar-refractivity contribution < 1.29 is 24.5 Å². The molecule has 0 fully saturated rings. The molecule has 0 saturated carbocycles. The zero-order valence-electron chi connectivity index (χ0n) is 10.4. The van der Waals surface area contributed by atoms with Crippen LogP contribution in [0.2, 0.25) is 0 Å². The molecular formula is C12H16N2O5. The van der Waals surface area contributed by atoms with E-state index in [0.717, 1.165) is 0 Å². The van der Waals surface area contributed by atoms with Crippen molar-refractivity contribution in [3.8, 4) is 5.75 Å². The second kappa shape index (κ2) is 6.60. The minimum Gasteiger partial charge on any atom is -0.497 e. The van der Waals surface area contributed by atoms with E-state index in [9.17, 15) is 9.59 Å². The number of anilines is 1. The lowest BCUT2D eigenvalue weighted by Gasteiger charge is -2.10. The van der Waals surface area contributed by atoms with Gasteiger partial charge in [-0.1, -0.05) is 0 Å². The summed E-state index contributed by atoms with van der Waals surface area (Å²) in [6, 6.07) is 4.65. The van der Waals surface area contributed by atoms with Gasteiger partial charge in [0.15, 0.2) is 6.10 Å². The molecule has 5 N–H and O–H groups in total. The second-order valence-corrected chi connectivity index (χ2v) is 3.85. The lowest BCUT2D eigenvalue weighted by Crippen LogP contribution is -2.30. The van der Waals surface area contributed by atoms with Crippen molar-refractivity contribution in [1.82, 2.24) is 5.32 Å². The van der Waals surface area contributed by atoms with Crippen LogP contribution in [0.25, 0.3) is 0 Å². The van der Waals surface area contributed by atoms with Crippen LogP contribution in [0.3, 0.4) is 0 Å². The van der Waals surface area contributed by atoms with Crippen molar-refractivity contribution in [2.45, 2.75) is 12.5 Å². The van der Waals surface area contributed by atoms with Gasteiger partial charge >= 0.3 is 5.97 Å². The summed E-state index contributed by atoms with van der Waals surface area (Å²) in [6.07, 6.45) is -1.58. The van der Waals surface area contributed by atoms with E-state index >= 15 is 0 Å². The smallest absolute Gasteiger partial charge is 0.332 e. The molecule has 19 heavy (non-hydrogen) atoms. The van der Waals surface area contributed by atoms with E-state index in [1.165, 1.54) is 13.2 Å². The molecule has 1 rings (SSSR count). The zero-order chi connectivity index (χ0) is 14.4. The number of nitrogen functional groups attached to an aromatic ring is 1. The number of carbonyl (C=O) groups is 2. The Kier molecular flexibility index (Phi) is 5.13. The highest BCUT2D eigenvalue weighted by atomic mass is 16.5. The summed E-state index contributed by atoms with van der Waals surface area (Å²) in [5.41, 5.74) is 6.19. The zero-order valence-corrected chi connectivity index (χ0v) is 10.4. The largest absolute Gasteiger partial charge is 0.497 e. The van der Waals surface area contributed by atoms with Gasteiger partial charge in [0.1, 0.15) is 5.75 Å². The first-order chi connectivity index (χ1) is 8.95. The SMILES string of the molecule is COc1ccc(N)c(C(=O)NCC[C@H](O)C(=O)O)c1. The highest BCUT2D eigenvalue weighted by Crippen LogP contribution is 2.19. The van der Waals surface area contributed by atoms with E-state index in [0.29, 0.717) is 5.75 Å². The summed E-state index contributed by atoms with van der Waals surface area (Å²) in [6.45, 7) is 0.0307. The van der Waals surface area contributed by atoms with Gasteiger partial charge < -0.3 is 26.0 Å². The summed E-state index contributed by atoms with van der Waals surface area (Å²) in [5, 5.41) is 20.0. The quantitative estimate of drug-likeness (QED) is 0.532. The molecule has 0 saturated heterocycles. The van der Waals surface area contributed by atoms with Crippen molar-refractivity contribution in [1.29, 1.82) is 0 Å². The van der Waals surface area contributed by atoms with E-state index < -0.39 is 18.0 Å². The number of nitrogens with one attached hydrogen (secondary N) is 1. The summed E-state index contributed by atoms with van der Waals surface area (Å²) in [7, 11) is 1.47. The van der Waals surface area contributed by atoms with Gasteiger partial charge in [-0.3, -0.25) is 4.79 Å². The molecule has 1 aromatic carbocycles. The lowest BCUT2D eigenvalue weighted by atomic mass is 10.1. The number of hydrogen-bond acceptors (Lipinski definition) is 5. The maximum atomic E-state index is 11.8. The molecule has 0 aromatic heterocycles. The van der Waals surface area contributed by atoms with Crippen LogP contribution in [-0.4, -0.2) is 41.8 Å². The van der Waals surface area contributed by atoms with Crippen LogP contribution in [0, 0.1) is 0 Å². The summed E-state index contributed by atoms with van der Waals surface area (Å²) < 4.78 is 4.98. The lowest BCUT2D eigenvalue weighted by molar-refractivity contribution is -0.146. The summed E-state index contributed by atoms with van der Waals surface area (Å²) in [4.78, 5) is 22.2. The summed E-state index contributed by atoms with van der Waals surface area (Å²) >= 11 is 0. The number of rotatable bonds is 6. The minimum absolute atomic E-state index is 0.0307. The fraction of sp³-hybridized carbons (Fsp3) is 0.333. The van der Waals surface area contributed by atoms with Crippen molar-refractivity contribution in [3.63, 3.8) is 0 Å². The molecule has 104 valence electrons. The molecular weight excluding hydrogens is 252 g/mol. The number of amides is 1. The predicted octanol–water partition coefficient (Wildman–Crippen LogP) is -0.157. The maximum absolute atomic E-state index is 11.8. The Labute approximate surface area is 110 Å². The molecule has 0 radical (unpaired) electrons. The van der Waals surface area contributed by atoms with Crippen molar-refractivity contribution in [3.05, 3.63) is 23.8 Å². The van der Waals surface area contributed by atoms with Gasteiger partial charge in [-0.25, -0.2) is 4.79 Å². The number of methoxy groups -OCH3 is 1. The average Bonchev–Trinajstić information content (AvgIpc) is 2.38. The highest BCUT2D eigenvalue weighted by Gasteiger charge is 2.14. The molecule has 0 unspecified atom stereocenters. The molecule has 0 aliphatic heterocycles. The molecule has 0 heterocycles. The van der Waals surface area contributed by atoms with Gasteiger partial charge in [0.05, 0.1) is 12.7 Å². The van der Waals surface area contributed by atoms with Crippen molar-refractivity contribution >= 4 is 17.6 Å². The normalized spacial score (nSPS) is 11.7. The van der Waals surface area contributed by atoms with Gasteiger partial charge in [-0.05, 0) is 18.2 Å². The van der Waals surface area contributed by atoms with E-state index in [-0.39, 0.29) is 24.2 Å². The number of aliphatic carboxylic acids is 1. The fourth-order valence-electron chi connectivity index (χ4n) is 1.40. The van der Waals surface area contributed by atoms with Crippen LogP contribution in [0.4, 0.5) is 5.69 Å². The Balaban J connectivity index is 2.61. The Hall–Kier alpha value is -2.28. The van der Waals surface area contributed by atoms with E-state index in [2.05, 4.69) is 5.32 Å². The predicted molar refractivity (Wildman–Crippen MR) is 68.0 cm³/mol. The maximum Gasteiger partial charge on any atom is 0.332 e.